The summed E-state index contributed by atoms with van der Waals surface area (Å²) < 4.78 is 5.23. The SMILES string of the molecule is COc1cc(Cl)c(C)c(C2(CN)CCCCC2)c1O. The lowest BCUT2D eigenvalue weighted by Crippen LogP contribution is -2.38. The van der Waals surface area contributed by atoms with Gasteiger partial charge >= 0.3 is 0 Å². The molecule has 1 aliphatic rings. The molecule has 106 valence electrons. The van der Waals surface area contributed by atoms with Gasteiger partial charge in [0, 0.05) is 28.6 Å². The highest BCUT2D eigenvalue weighted by Gasteiger charge is 2.37. The molecule has 1 saturated carbocycles. The highest BCUT2D eigenvalue weighted by molar-refractivity contribution is 6.31. The first-order valence-corrected chi connectivity index (χ1v) is 7.20. The molecule has 0 atom stereocenters. The average Bonchev–Trinajstić information content (AvgIpc) is 2.44. The maximum absolute atomic E-state index is 10.5. The summed E-state index contributed by atoms with van der Waals surface area (Å²) in [6, 6.07) is 1.67. The summed E-state index contributed by atoms with van der Waals surface area (Å²) in [5, 5.41) is 11.1. The smallest absolute Gasteiger partial charge is 0.162 e. The van der Waals surface area contributed by atoms with Gasteiger partial charge in [0.25, 0.3) is 0 Å². The van der Waals surface area contributed by atoms with Gasteiger partial charge < -0.3 is 15.6 Å². The number of methoxy groups -OCH3 is 1. The van der Waals surface area contributed by atoms with Gasteiger partial charge in [-0.05, 0) is 25.3 Å². The van der Waals surface area contributed by atoms with Crippen molar-refractivity contribution < 1.29 is 9.84 Å². The van der Waals surface area contributed by atoms with Gasteiger partial charge in [-0.1, -0.05) is 30.9 Å². The van der Waals surface area contributed by atoms with E-state index in [1.54, 1.807) is 13.2 Å². The van der Waals surface area contributed by atoms with E-state index >= 15 is 0 Å². The Bertz CT molecular complexity index is 468. The van der Waals surface area contributed by atoms with Gasteiger partial charge in [0.05, 0.1) is 7.11 Å². The lowest BCUT2D eigenvalue weighted by molar-refractivity contribution is 0.284. The van der Waals surface area contributed by atoms with Crippen LogP contribution in [0.5, 0.6) is 11.5 Å². The number of phenols is 1. The molecule has 3 N–H and O–H groups in total. The number of benzene rings is 1. The van der Waals surface area contributed by atoms with Crippen molar-refractivity contribution in [2.24, 2.45) is 5.73 Å². The van der Waals surface area contributed by atoms with Gasteiger partial charge in [0.15, 0.2) is 11.5 Å². The number of nitrogens with two attached hydrogens (primary N) is 1. The molecular weight excluding hydrogens is 262 g/mol. The van der Waals surface area contributed by atoms with Crippen LogP contribution in [0.15, 0.2) is 6.07 Å². The zero-order valence-electron chi connectivity index (χ0n) is 11.6. The Balaban J connectivity index is 2.62. The van der Waals surface area contributed by atoms with Crippen molar-refractivity contribution in [3.63, 3.8) is 0 Å². The summed E-state index contributed by atoms with van der Waals surface area (Å²) in [6.45, 7) is 2.48. The molecule has 1 aliphatic carbocycles. The maximum Gasteiger partial charge on any atom is 0.162 e. The summed E-state index contributed by atoms with van der Waals surface area (Å²) in [6.07, 6.45) is 5.53. The van der Waals surface area contributed by atoms with E-state index in [2.05, 4.69) is 0 Å². The van der Waals surface area contributed by atoms with E-state index in [-0.39, 0.29) is 11.2 Å². The van der Waals surface area contributed by atoms with E-state index in [0.29, 0.717) is 17.3 Å². The molecule has 1 aromatic rings. The Morgan fingerprint density at radius 2 is 2.00 bits per heavy atom. The molecule has 0 aromatic heterocycles. The monoisotopic (exact) mass is 283 g/mol. The van der Waals surface area contributed by atoms with Crippen molar-refractivity contribution in [1.82, 2.24) is 0 Å². The zero-order chi connectivity index (χ0) is 14.0. The van der Waals surface area contributed by atoms with E-state index in [1.807, 2.05) is 6.92 Å². The number of halogens is 1. The van der Waals surface area contributed by atoms with Crippen molar-refractivity contribution in [3.8, 4) is 11.5 Å². The molecule has 1 fully saturated rings. The molecule has 0 heterocycles. The summed E-state index contributed by atoms with van der Waals surface area (Å²) in [5.74, 6) is 0.640. The van der Waals surface area contributed by atoms with Gasteiger partial charge in [0.2, 0.25) is 0 Å². The number of phenolic OH excluding ortho intramolecular Hbond substituents is 1. The van der Waals surface area contributed by atoms with Crippen LogP contribution in [0.3, 0.4) is 0 Å². The minimum absolute atomic E-state index is 0.162. The highest BCUT2D eigenvalue weighted by atomic mass is 35.5. The summed E-state index contributed by atoms with van der Waals surface area (Å²) in [4.78, 5) is 0. The lowest BCUT2D eigenvalue weighted by atomic mass is 9.68. The predicted molar refractivity (Wildman–Crippen MR) is 78.2 cm³/mol. The topological polar surface area (TPSA) is 55.5 Å². The molecular formula is C15H22ClNO2. The van der Waals surface area contributed by atoms with Gasteiger partial charge in [-0.2, -0.15) is 0 Å². The Morgan fingerprint density at radius 3 is 2.53 bits per heavy atom. The van der Waals surface area contributed by atoms with Crippen LogP contribution >= 0.6 is 11.6 Å². The van der Waals surface area contributed by atoms with Crippen LogP contribution in [0.25, 0.3) is 0 Å². The second-order valence-electron chi connectivity index (χ2n) is 5.45. The third kappa shape index (κ3) is 2.41. The standard InChI is InChI=1S/C15H22ClNO2/c1-10-11(16)8-12(19-2)14(18)13(10)15(9-17)6-4-3-5-7-15/h8,18H,3-7,9,17H2,1-2H3. The molecule has 0 aliphatic heterocycles. The van der Waals surface area contributed by atoms with Gasteiger partial charge in [0.1, 0.15) is 0 Å². The van der Waals surface area contributed by atoms with Crippen molar-refractivity contribution in [1.29, 1.82) is 0 Å². The summed E-state index contributed by atoms with van der Waals surface area (Å²) in [5.41, 5.74) is 7.70. The van der Waals surface area contributed by atoms with Crippen LogP contribution < -0.4 is 10.5 Å². The van der Waals surface area contributed by atoms with E-state index < -0.39 is 0 Å². The Morgan fingerprint density at radius 1 is 1.37 bits per heavy atom. The molecule has 0 amide bonds. The molecule has 2 rings (SSSR count). The van der Waals surface area contributed by atoms with Crippen LogP contribution in [-0.2, 0) is 5.41 Å². The number of hydrogen-bond acceptors (Lipinski definition) is 3. The molecule has 0 bridgehead atoms. The molecule has 4 heteroatoms. The fourth-order valence-electron chi connectivity index (χ4n) is 3.30. The van der Waals surface area contributed by atoms with Gasteiger partial charge in [-0.25, -0.2) is 0 Å². The third-order valence-electron chi connectivity index (χ3n) is 4.41. The van der Waals surface area contributed by atoms with E-state index in [0.717, 1.165) is 36.8 Å². The van der Waals surface area contributed by atoms with Gasteiger partial charge in [-0.3, -0.25) is 0 Å². The zero-order valence-corrected chi connectivity index (χ0v) is 12.4. The predicted octanol–water partition coefficient (Wildman–Crippen LogP) is 3.52. The van der Waals surface area contributed by atoms with Crippen molar-refractivity contribution in [3.05, 3.63) is 22.2 Å². The normalized spacial score (nSPS) is 18.3. The van der Waals surface area contributed by atoms with Crippen LogP contribution in [0.1, 0.15) is 43.2 Å². The quantitative estimate of drug-likeness (QED) is 0.892. The van der Waals surface area contributed by atoms with Crippen LogP contribution in [0, 0.1) is 6.92 Å². The highest BCUT2D eigenvalue weighted by Crippen LogP contribution is 2.48. The fourth-order valence-corrected chi connectivity index (χ4v) is 3.49. The largest absolute Gasteiger partial charge is 0.504 e. The van der Waals surface area contributed by atoms with Crippen LogP contribution in [0.4, 0.5) is 0 Å². The Hall–Kier alpha value is -0.930. The van der Waals surface area contributed by atoms with Crippen molar-refractivity contribution >= 4 is 11.6 Å². The van der Waals surface area contributed by atoms with Crippen molar-refractivity contribution in [2.45, 2.75) is 44.4 Å². The van der Waals surface area contributed by atoms with E-state index in [9.17, 15) is 5.11 Å². The first-order valence-electron chi connectivity index (χ1n) is 6.82. The summed E-state index contributed by atoms with van der Waals surface area (Å²) in [7, 11) is 1.54. The third-order valence-corrected chi connectivity index (χ3v) is 4.81. The molecule has 0 unspecified atom stereocenters. The van der Waals surface area contributed by atoms with Crippen molar-refractivity contribution in [2.75, 3.05) is 13.7 Å². The first-order chi connectivity index (χ1) is 9.05. The number of rotatable bonds is 3. The minimum Gasteiger partial charge on any atom is -0.504 e. The molecule has 0 spiro atoms. The maximum atomic E-state index is 10.5. The molecule has 0 saturated heterocycles. The molecule has 0 radical (unpaired) electrons. The minimum atomic E-state index is -0.162. The number of aromatic hydroxyl groups is 1. The fraction of sp³-hybridized carbons (Fsp3) is 0.600. The second kappa shape index (κ2) is 5.59. The van der Waals surface area contributed by atoms with Crippen LogP contribution in [0.2, 0.25) is 5.02 Å². The van der Waals surface area contributed by atoms with E-state index in [4.69, 9.17) is 22.1 Å². The Labute approximate surface area is 119 Å². The average molecular weight is 284 g/mol. The molecule has 19 heavy (non-hydrogen) atoms. The number of hydrogen-bond donors (Lipinski definition) is 2. The van der Waals surface area contributed by atoms with Crippen LogP contribution in [-0.4, -0.2) is 18.8 Å². The van der Waals surface area contributed by atoms with E-state index in [1.165, 1.54) is 6.42 Å². The second-order valence-corrected chi connectivity index (χ2v) is 5.86. The Kier molecular flexibility index (Phi) is 4.26. The molecule has 1 aromatic carbocycles. The van der Waals surface area contributed by atoms with Gasteiger partial charge in [-0.15, -0.1) is 0 Å². The molecule has 3 nitrogen and oxygen atoms in total. The number of ether oxygens (including phenoxy) is 1. The summed E-state index contributed by atoms with van der Waals surface area (Å²) >= 11 is 6.28. The lowest BCUT2D eigenvalue weighted by Gasteiger charge is -2.38. The first kappa shape index (κ1) is 14.5.